The Morgan fingerprint density at radius 3 is 2.00 bits per heavy atom. The molecule has 0 saturated heterocycles. The Morgan fingerprint density at radius 1 is 0.781 bits per heavy atom. The number of carbonyl (C=O) groups is 3. The van der Waals surface area contributed by atoms with Crippen LogP contribution in [0.15, 0.2) is 95.7 Å². The van der Waals surface area contributed by atoms with E-state index < -0.39 is 11.8 Å². The lowest BCUT2D eigenvalue weighted by Gasteiger charge is -2.15. The van der Waals surface area contributed by atoms with E-state index in [0.717, 1.165) is 16.0 Å². The first-order valence-electron chi connectivity index (χ1n) is 10.0. The molecule has 0 unspecified atom stereocenters. The first-order chi connectivity index (χ1) is 15.5. The molecular weight excluding hydrogens is 426 g/mol. The van der Waals surface area contributed by atoms with Crippen molar-refractivity contribution in [1.29, 1.82) is 0 Å². The van der Waals surface area contributed by atoms with Crippen molar-refractivity contribution >= 4 is 35.0 Å². The van der Waals surface area contributed by atoms with E-state index in [1.165, 1.54) is 0 Å². The Labute approximate surface area is 190 Å². The van der Waals surface area contributed by atoms with Gasteiger partial charge in [0.25, 0.3) is 17.7 Å². The third-order valence-corrected chi connectivity index (χ3v) is 5.36. The second-order valence-electron chi connectivity index (χ2n) is 7.24. The standard InChI is InChI=1S/C25H20ClN3O3/c26-21-22(25(32)29(24(21)31)16-18-9-5-2-6-10-18)28-20-13-11-19(12-14-20)23(30)27-15-17-7-3-1-4-8-17/h1-14,28H,15-16H2,(H,27,30). The van der Waals surface area contributed by atoms with Gasteiger partial charge < -0.3 is 10.6 Å². The average Bonchev–Trinajstić information content (AvgIpc) is 3.03. The summed E-state index contributed by atoms with van der Waals surface area (Å²) in [4.78, 5) is 38.7. The van der Waals surface area contributed by atoms with Crippen molar-refractivity contribution in [3.63, 3.8) is 0 Å². The van der Waals surface area contributed by atoms with Crippen molar-refractivity contribution < 1.29 is 14.4 Å². The molecule has 4 rings (SSSR count). The monoisotopic (exact) mass is 445 g/mol. The maximum absolute atomic E-state index is 12.8. The van der Waals surface area contributed by atoms with Gasteiger partial charge >= 0.3 is 0 Å². The first kappa shape index (κ1) is 21.3. The number of benzene rings is 3. The molecule has 7 heteroatoms. The Morgan fingerprint density at radius 2 is 1.38 bits per heavy atom. The van der Waals surface area contributed by atoms with Crippen molar-refractivity contribution in [3.8, 4) is 0 Å². The van der Waals surface area contributed by atoms with E-state index in [0.29, 0.717) is 17.8 Å². The number of nitrogens with one attached hydrogen (secondary N) is 2. The first-order valence-corrected chi connectivity index (χ1v) is 10.4. The lowest BCUT2D eigenvalue weighted by atomic mass is 10.1. The maximum atomic E-state index is 12.8. The van der Waals surface area contributed by atoms with Crippen LogP contribution in [0.1, 0.15) is 21.5 Å². The van der Waals surface area contributed by atoms with Crippen LogP contribution in [0.2, 0.25) is 0 Å². The highest BCUT2D eigenvalue weighted by Gasteiger charge is 2.37. The van der Waals surface area contributed by atoms with Crippen LogP contribution < -0.4 is 10.6 Å². The Kier molecular flexibility index (Phi) is 6.33. The van der Waals surface area contributed by atoms with Gasteiger partial charge in [0.15, 0.2) is 0 Å². The highest BCUT2D eigenvalue weighted by molar-refractivity contribution is 6.48. The van der Waals surface area contributed by atoms with Crippen LogP contribution in [-0.4, -0.2) is 22.6 Å². The van der Waals surface area contributed by atoms with E-state index in [1.807, 2.05) is 60.7 Å². The zero-order valence-corrected chi connectivity index (χ0v) is 17.8. The second-order valence-corrected chi connectivity index (χ2v) is 7.62. The lowest BCUT2D eigenvalue weighted by Crippen LogP contribution is -2.31. The van der Waals surface area contributed by atoms with Gasteiger partial charge in [-0.3, -0.25) is 19.3 Å². The van der Waals surface area contributed by atoms with Crippen LogP contribution in [0.4, 0.5) is 5.69 Å². The molecule has 3 aromatic rings. The number of halogens is 1. The van der Waals surface area contributed by atoms with Gasteiger partial charge in [-0.1, -0.05) is 72.3 Å². The summed E-state index contributed by atoms with van der Waals surface area (Å²) >= 11 is 6.16. The van der Waals surface area contributed by atoms with E-state index in [2.05, 4.69) is 10.6 Å². The van der Waals surface area contributed by atoms with Crippen LogP contribution in [0.5, 0.6) is 0 Å². The number of nitrogens with zero attached hydrogens (tertiary/aromatic N) is 1. The van der Waals surface area contributed by atoms with Gasteiger partial charge in [0.1, 0.15) is 10.7 Å². The molecule has 32 heavy (non-hydrogen) atoms. The molecule has 2 N–H and O–H groups in total. The predicted molar refractivity (Wildman–Crippen MR) is 123 cm³/mol. The number of anilines is 1. The highest BCUT2D eigenvalue weighted by Crippen LogP contribution is 2.27. The van der Waals surface area contributed by atoms with E-state index in [4.69, 9.17) is 11.6 Å². The highest BCUT2D eigenvalue weighted by atomic mass is 35.5. The summed E-state index contributed by atoms with van der Waals surface area (Å²) in [6, 6.07) is 25.4. The number of rotatable bonds is 7. The molecule has 0 fully saturated rings. The number of carbonyl (C=O) groups excluding carboxylic acids is 3. The fourth-order valence-electron chi connectivity index (χ4n) is 3.29. The SMILES string of the molecule is O=C(NCc1ccccc1)c1ccc(NC2=C(Cl)C(=O)N(Cc3ccccc3)C2=O)cc1. The topological polar surface area (TPSA) is 78.5 Å². The smallest absolute Gasteiger partial charge is 0.279 e. The molecule has 3 amide bonds. The molecule has 6 nitrogen and oxygen atoms in total. The second kappa shape index (κ2) is 9.49. The average molecular weight is 446 g/mol. The quantitative estimate of drug-likeness (QED) is 0.538. The van der Waals surface area contributed by atoms with E-state index in [9.17, 15) is 14.4 Å². The summed E-state index contributed by atoms with van der Waals surface area (Å²) in [5.74, 6) is -1.24. The van der Waals surface area contributed by atoms with Crippen LogP contribution in [0.25, 0.3) is 0 Å². The van der Waals surface area contributed by atoms with Crippen molar-refractivity contribution in [3.05, 3.63) is 112 Å². The fourth-order valence-corrected chi connectivity index (χ4v) is 3.52. The van der Waals surface area contributed by atoms with Crippen molar-refractivity contribution in [2.75, 3.05) is 5.32 Å². The van der Waals surface area contributed by atoms with Gasteiger partial charge in [0, 0.05) is 17.8 Å². The minimum atomic E-state index is -0.542. The maximum Gasteiger partial charge on any atom is 0.279 e. The summed E-state index contributed by atoms with van der Waals surface area (Å²) < 4.78 is 0. The molecular formula is C25H20ClN3O3. The van der Waals surface area contributed by atoms with E-state index in [1.54, 1.807) is 24.3 Å². The Hall–Kier alpha value is -3.90. The van der Waals surface area contributed by atoms with E-state index in [-0.39, 0.29) is 23.2 Å². The van der Waals surface area contributed by atoms with Crippen LogP contribution >= 0.6 is 11.6 Å². The van der Waals surface area contributed by atoms with Gasteiger partial charge in [-0.25, -0.2) is 0 Å². The molecule has 1 aliphatic heterocycles. The third-order valence-electron chi connectivity index (χ3n) is 5.01. The molecule has 3 aromatic carbocycles. The molecule has 0 bridgehead atoms. The molecule has 0 aromatic heterocycles. The number of imide groups is 1. The van der Waals surface area contributed by atoms with Gasteiger partial charge in [-0.15, -0.1) is 0 Å². The third kappa shape index (κ3) is 4.71. The zero-order chi connectivity index (χ0) is 22.5. The Bertz CT molecular complexity index is 1180. The number of hydrogen-bond acceptors (Lipinski definition) is 4. The molecule has 160 valence electrons. The van der Waals surface area contributed by atoms with Gasteiger partial charge in [0.05, 0.1) is 6.54 Å². The molecule has 0 radical (unpaired) electrons. The molecule has 0 atom stereocenters. The fraction of sp³-hybridized carbons (Fsp3) is 0.0800. The summed E-state index contributed by atoms with van der Waals surface area (Å²) in [5.41, 5.74) is 2.87. The van der Waals surface area contributed by atoms with Crippen molar-refractivity contribution in [2.45, 2.75) is 13.1 Å². The Balaban J connectivity index is 1.40. The van der Waals surface area contributed by atoms with Crippen molar-refractivity contribution in [1.82, 2.24) is 10.2 Å². The molecule has 1 heterocycles. The van der Waals surface area contributed by atoms with Crippen LogP contribution in [0, 0.1) is 0 Å². The minimum Gasteiger partial charge on any atom is -0.350 e. The summed E-state index contributed by atoms with van der Waals surface area (Å²) in [5, 5.41) is 5.62. The molecule has 1 aliphatic rings. The van der Waals surface area contributed by atoms with Gasteiger partial charge in [-0.05, 0) is 35.4 Å². The molecule has 0 aliphatic carbocycles. The zero-order valence-electron chi connectivity index (χ0n) is 17.0. The van der Waals surface area contributed by atoms with Crippen LogP contribution in [0.3, 0.4) is 0 Å². The van der Waals surface area contributed by atoms with Gasteiger partial charge in [0.2, 0.25) is 0 Å². The van der Waals surface area contributed by atoms with E-state index >= 15 is 0 Å². The number of amides is 3. The van der Waals surface area contributed by atoms with Gasteiger partial charge in [-0.2, -0.15) is 0 Å². The largest absolute Gasteiger partial charge is 0.350 e. The number of hydrogen-bond donors (Lipinski definition) is 2. The molecule has 0 saturated carbocycles. The lowest BCUT2D eigenvalue weighted by molar-refractivity contribution is -0.138. The molecule has 0 spiro atoms. The minimum absolute atomic E-state index is 0.0221. The van der Waals surface area contributed by atoms with Crippen LogP contribution in [-0.2, 0) is 22.7 Å². The summed E-state index contributed by atoms with van der Waals surface area (Å²) in [7, 11) is 0. The summed E-state index contributed by atoms with van der Waals surface area (Å²) in [6.07, 6.45) is 0. The normalized spacial score (nSPS) is 13.5. The van der Waals surface area contributed by atoms with Crippen molar-refractivity contribution in [2.24, 2.45) is 0 Å². The summed E-state index contributed by atoms with van der Waals surface area (Å²) in [6.45, 7) is 0.566. The predicted octanol–water partition coefficient (Wildman–Crippen LogP) is 4.05.